The third-order valence-corrected chi connectivity index (χ3v) is 4.13. The van der Waals surface area contributed by atoms with Crippen LogP contribution in [0.3, 0.4) is 0 Å². The maximum atomic E-state index is 12.6. The molecular formula is C20H17NO4. The van der Waals surface area contributed by atoms with Crippen molar-refractivity contribution in [3.63, 3.8) is 0 Å². The van der Waals surface area contributed by atoms with Gasteiger partial charge in [-0.1, -0.05) is 42.5 Å². The lowest BCUT2D eigenvalue weighted by Crippen LogP contribution is -2.30. The Bertz CT molecular complexity index is 825. The monoisotopic (exact) mass is 335 g/mol. The van der Waals surface area contributed by atoms with E-state index >= 15 is 0 Å². The van der Waals surface area contributed by atoms with Crippen molar-refractivity contribution in [3.05, 3.63) is 71.8 Å². The highest BCUT2D eigenvalue weighted by Gasteiger charge is 2.39. The van der Waals surface area contributed by atoms with E-state index in [2.05, 4.69) is 0 Å². The molecule has 126 valence electrons. The van der Waals surface area contributed by atoms with Crippen LogP contribution in [0.5, 0.6) is 0 Å². The smallest absolute Gasteiger partial charge is 0.328 e. The van der Waals surface area contributed by atoms with E-state index in [4.69, 9.17) is 5.11 Å². The van der Waals surface area contributed by atoms with Crippen LogP contribution in [0.15, 0.2) is 60.7 Å². The maximum absolute atomic E-state index is 12.6. The van der Waals surface area contributed by atoms with Crippen LogP contribution >= 0.6 is 0 Å². The van der Waals surface area contributed by atoms with Gasteiger partial charge in [-0.15, -0.1) is 0 Å². The summed E-state index contributed by atoms with van der Waals surface area (Å²) in [5.41, 5.74) is 2.23. The van der Waals surface area contributed by atoms with Crippen LogP contribution in [0.4, 0.5) is 5.69 Å². The first kappa shape index (κ1) is 16.6. The summed E-state index contributed by atoms with van der Waals surface area (Å²) in [6, 6.07) is 16.3. The summed E-state index contributed by atoms with van der Waals surface area (Å²) in [4.78, 5) is 36.7. The molecule has 25 heavy (non-hydrogen) atoms. The van der Waals surface area contributed by atoms with Gasteiger partial charge in [0.25, 0.3) is 0 Å². The minimum atomic E-state index is -1.03. The van der Waals surface area contributed by atoms with Crippen molar-refractivity contribution >= 4 is 29.5 Å². The van der Waals surface area contributed by atoms with Crippen LogP contribution in [0.1, 0.15) is 17.5 Å². The fourth-order valence-electron chi connectivity index (χ4n) is 2.93. The number of imide groups is 1. The summed E-state index contributed by atoms with van der Waals surface area (Å²) < 4.78 is 0. The Hall–Kier alpha value is -3.21. The van der Waals surface area contributed by atoms with Gasteiger partial charge in [0.15, 0.2) is 0 Å². The van der Waals surface area contributed by atoms with Crippen molar-refractivity contribution in [1.82, 2.24) is 0 Å². The van der Waals surface area contributed by atoms with E-state index in [-0.39, 0.29) is 24.2 Å². The predicted molar refractivity (Wildman–Crippen MR) is 93.9 cm³/mol. The summed E-state index contributed by atoms with van der Waals surface area (Å²) in [5, 5.41) is 8.64. The molecule has 3 rings (SSSR count). The molecule has 0 bridgehead atoms. The fourth-order valence-corrected chi connectivity index (χ4v) is 2.93. The third-order valence-electron chi connectivity index (χ3n) is 4.13. The lowest BCUT2D eigenvalue weighted by atomic mass is 9.98. The number of carboxylic acids is 1. The Morgan fingerprint density at radius 3 is 2.40 bits per heavy atom. The molecule has 0 aliphatic carbocycles. The fraction of sp³-hybridized carbons (Fsp3) is 0.150. The highest BCUT2D eigenvalue weighted by Crippen LogP contribution is 2.29. The van der Waals surface area contributed by atoms with Gasteiger partial charge in [-0.05, 0) is 35.8 Å². The number of nitrogens with zero attached hydrogens (tertiary/aromatic N) is 1. The molecule has 5 nitrogen and oxygen atoms in total. The average Bonchev–Trinajstić information content (AvgIpc) is 2.88. The van der Waals surface area contributed by atoms with E-state index in [1.807, 2.05) is 30.3 Å². The van der Waals surface area contributed by atoms with Gasteiger partial charge in [-0.3, -0.25) is 14.5 Å². The topological polar surface area (TPSA) is 74.7 Å². The Morgan fingerprint density at radius 1 is 1.08 bits per heavy atom. The van der Waals surface area contributed by atoms with Crippen molar-refractivity contribution < 1.29 is 19.5 Å². The van der Waals surface area contributed by atoms with Gasteiger partial charge < -0.3 is 5.11 Å². The van der Waals surface area contributed by atoms with E-state index in [9.17, 15) is 14.4 Å². The first-order chi connectivity index (χ1) is 12.0. The summed E-state index contributed by atoms with van der Waals surface area (Å²) in [6.45, 7) is 0. The lowest BCUT2D eigenvalue weighted by Gasteiger charge is -2.15. The van der Waals surface area contributed by atoms with Crippen molar-refractivity contribution in [1.29, 1.82) is 0 Å². The molecule has 1 aliphatic rings. The summed E-state index contributed by atoms with van der Waals surface area (Å²) in [7, 11) is 0. The van der Waals surface area contributed by atoms with Gasteiger partial charge in [0.1, 0.15) is 0 Å². The van der Waals surface area contributed by atoms with Crippen LogP contribution in [-0.2, 0) is 20.8 Å². The minimum Gasteiger partial charge on any atom is -0.478 e. The second-order valence-corrected chi connectivity index (χ2v) is 5.92. The molecule has 0 unspecified atom stereocenters. The van der Waals surface area contributed by atoms with Crippen LogP contribution in [0.25, 0.3) is 6.08 Å². The van der Waals surface area contributed by atoms with Crippen LogP contribution in [0.2, 0.25) is 0 Å². The molecule has 1 fully saturated rings. The van der Waals surface area contributed by atoms with Gasteiger partial charge in [-0.2, -0.15) is 0 Å². The van der Waals surface area contributed by atoms with Crippen LogP contribution < -0.4 is 4.90 Å². The molecule has 2 amide bonds. The van der Waals surface area contributed by atoms with Crippen molar-refractivity contribution in [3.8, 4) is 0 Å². The second-order valence-electron chi connectivity index (χ2n) is 5.92. The maximum Gasteiger partial charge on any atom is 0.328 e. The number of carbonyl (C=O) groups excluding carboxylic acids is 2. The van der Waals surface area contributed by atoms with E-state index in [0.29, 0.717) is 17.7 Å². The van der Waals surface area contributed by atoms with E-state index in [0.717, 1.165) is 11.6 Å². The van der Waals surface area contributed by atoms with Crippen molar-refractivity contribution in [2.75, 3.05) is 4.90 Å². The van der Waals surface area contributed by atoms with Gasteiger partial charge in [0.05, 0.1) is 11.6 Å². The zero-order valence-electron chi connectivity index (χ0n) is 13.5. The molecule has 1 N–H and O–H groups in total. The zero-order chi connectivity index (χ0) is 17.8. The minimum absolute atomic E-state index is 0.192. The number of rotatable bonds is 5. The number of anilines is 1. The zero-order valence-corrected chi connectivity index (χ0v) is 13.5. The summed E-state index contributed by atoms with van der Waals surface area (Å²) in [5.74, 6) is -1.78. The Kier molecular flexibility index (Phi) is 4.75. The normalized spacial score (nSPS) is 17.4. The van der Waals surface area contributed by atoms with Gasteiger partial charge in [0.2, 0.25) is 11.8 Å². The first-order valence-corrected chi connectivity index (χ1v) is 7.96. The molecule has 1 heterocycles. The van der Waals surface area contributed by atoms with Crippen molar-refractivity contribution in [2.45, 2.75) is 12.8 Å². The molecular weight excluding hydrogens is 318 g/mol. The molecule has 5 heteroatoms. The first-order valence-electron chi connectivity index (χ1n) is 7.96. The van der Waals surface area contributed by atoms with Gasteiger partial charge in [-0.25, -0.2) is 4.79 Å². The van der Waals surface area contributed by atoms with Crippen LogP contribution in [-0.4, -0.2) is 22.9 Å². The molecule has 0 aromatic heterocycles. The van der Waals surface area contributed by atoms with Gasteiger partial charge in [0, 0.05) is 12.5 Å². The summed E-state index contributed by atoms with van der Waals surface area (Å²) >= 11 is 0. The number of hydrogen-bond donors (Lipinski definition) is 1. The van der Waals surface area contributed by atoms with E-state index < -0.39 is 5.97 Å². The predicted octanol–water partition coefficient (Wildman–Crippen LogP) is 2.91. The molecule has 2 aromatic carbocycles. The average molecular weight is 335 g/mol. The van der Waals surface area contributed by atoms with Crippen LogP contribution in [0, 0.1) is 5.92 Å². The molecule has 1 atom stereocenters. The highest BCUT2D eigenvalue weighted by atomic mass is 16.4. The number of aliphatic carboxylic acids is 1. The number of amides is 2. The third kappa shape index (κ3) is 3.83. The quantitative estimate of drug-likeness (QED) is 0.673. The number of hydrogen-bond acceptors (Lipinski definition) is 3. The standard InChI is InChI=1S/C20H17NO4/c22-18-13-16(12-15-4-2-1-3-5-15)20(25)21(18)17-9-6-14(7-10-17)8-11-19(23)24/h1-11,16H,12-13H2,(H,23,24)/b11-8+/t16-/m1/s1. The number of carbonyl (C=O) groups is 3. The highest BCUT2D eigenvalue weighted by molar-refractivity contribution is 6.21. The molecule has 1 saturated heterocycles. The largest absolute Gasteiger partial charge is 0.478 e. The Balaban J connectivity index is 1.75. The molecule has 1 aliphatic heterocycles. The molecule has 0 spiro atoms. The van der Waals surface area contributed by atoms with Crippen molar-refractivity contribution in [2.24, 2.45) is 5.92 Å². The van der Waals surface area contributed by atoms with E-state index in [1.54, 1.807) is 24.3 Å². The SMILES string of the molecule is O=C(O)/C=C/c1ccc(N2C(=O)C[C@@H](Cc3ccccc3)C2=O)cc1. The molecule has 2 aromatic rings. The second kappa shape index (κ2) is 7.13. The molecule has 0 saturated carbocycles. The Labute approximate surface area is 145 Å². The Morgan fingerprint density at radius 2 is 1.76 bits per heavy atom. The summed E-state index contributed by atoms with van der Waals surface area (Å²) in [6.07, 6.45) is 3.24. The molecule has 0 radical (unpaired) electrons. The number of carboxylic acid groups (broad SMARTS) is 1. The lowest BCUT2D eigenvalue weighted by molar-refractivity contribution is -0.131. The van der Waals surface area contributed by atoms with E-state index in [1.165, 1.54) is 11.0 Å². The van der Waals surface area contributed by atoms with Gasteiger partial charge >= 0.3 is 5.97 Å². The number of benzene rings is 2.